The maximum absolute atomic E-state index is 6.49. The quantitative estimate of drug-likeness (QED) is 0.659. The van der Waals surface area contributed by atoms with Gasteiger partial charge in [0.2, 0.25) is 0 Å². The van der Waals surface area contributed by atoms with Gasteiger partial charge in [0, 0.05) is 6.04 Å². The molecule has 3 aromatic rings. The summed E-state index contributed by atoms with van der Waals surface area (Å²) in [6.45, 7) is 0. The van der Waals surface area contributed by atoms with Gasteiger partial charge in [0.05, 0.1) is 0 Å². The largest absolute Gasteiger partial charge is 0.324 e. The van der Waals surface area contributed by atoms with E-state index in [0.717, 1.165) is 12.3 Å². The summed E-state index contributed by atoms with van der Waals surface area (Å²) >= 11 is 0. The van der Waals surface area contributed by atoms with Crippen LogP contribution in [0.5, 0.6) is 0 Å². The van der Waals surface area contributed by atoms with E-state index in [1.165, 1.54) is 39.9 Å². The molecule has 0 radical (unpaired) electrons. The van der Waals surface area contributed by atoms with E-state index in [-0.39, 0.29) is 18.4 Å². The Bertz CT molecular complexity index is 777. The number of benzene rings is 3. The highest BCUT2D eigenvalue weighted by molar-refractivity contribution is 6.09. The molecule has 1 nitrogen and oxygen atoms in total. The minimum absolute atomic E-state index is 0. The zero-order valence-corrected chi connectivity index (χ0v) is 12.8. The second kappa shape index (κ2) is 5.67. The van der Waals surface area contributed by atoms with E-state index in [0.29, 0.717) is 0 Å². The molecule has 0 amide bonds. The Labute approximate surface area is 131 Å². The summed E-state index contributed by atoms with van der Waals surface area (Å²) in [6, 6.07) is 19.7. The highest BCUT2D eigenvalue weighted by Crippen LogP contribution is 2.39. The summed E-state index contributed by atoms with van der Waals surface area (Å²) in [6.07, 6.45) is 3.85. The lowest BCUT2D eigenvalue weighted by Crippen LogP contribution is -2.11. The molecule has 2 heteroatoms. The Morgan fingerprint density at radius 2 is 1.52 bits per heavy atom. The van der Waals surface area contributed by atoms with Crippen LogP contribution in [-0.2, 0) is 0 Å². The first-order valence-electron chi connectivity index (χ1n) is 7.49. The van der Waals surface area contributed by atoms with Gasteiger partial charge in [-0.1, -0.05) is 61.4 Å². The molecule has 1 aliphatic carbocycles. The average molecular weight is 298 g/mol. The molecule has 0 spiro atoms. The summed E-state index contributed by atoms with van der Waals surface area (Å²) in [5.74, 6) is 0.857. The number of rotatable bonds is 3. The minimum atomic E-state index is 0. The molecule has 0 bridgehead atoms. The zero-order chi connectivity index (χ0) is 13.5. The van der Waals surface area contributed by atoms with Gasteiger partial charge in [0.1, 0.15) is 0 Å². The SMILES string of the molecule is Cl.N[C@H](CC1CC1)c1cc2ccccc2c2ccccc12. The molecule has 0 heterocycles. The fraction of sp³-hybridized carbons (Fsp3) is 0.263. The second-order valence-electron chi connectivity index (χ2n) is 6.02. The van der Waals surface area contributed by atoms with Crippen molar-refractivity contribution < 1.29 is 0 Å². The Morgan fingerprint density at radius 3 is 2.24 bits per heavy atom. The minimum Gasteiger partial charge on any atom is -0.324 e. The maximum atomic E-state index is 6.49. The van der Waals surface area contributed by atoms with Crippen LogP contribution in [0.2, 0.25) is 0 Å². The molecule has 1 saturated carbocycles. The normalized spacial score (nSPS) is 15.9. The lowest BCUT2D eigenvalue weighted by atomic mass is 9.92. The number of hydrogen-bond donors (Lipinski definition) is 1. The fourth-order valence-corrected chi connectivity index (χ4v) is 3.23. The van der Waals surface area contributed by atoms with E-state index in [9.17, 15) is 0 Å². The van der Waals surface area contributed by atoms with Crippen LogP contribution in [0.4, 0.5) is 0 Å². The Balaban J connectivity index is 0.00000132. The van der Waals surface area contributed by atoms with Crippen LogP contribution in [0.25, 0.3) is 21.5 Å². The first-order valence-corrected chi connectivity index (χ1v) is 7.49. The Kier molecular flexibility index (Phi) is 3.88. The summed E-state index contributed by atoms with van der Waals surface area (Å²) in [7, 11) is 0. The zero-order valence-electron chi connectivity index (χ0n) is 12.0. The summed E-state index contributed by atoms with van der Waals surface area (Å²) < 4.78 is 0. The van der Waals surface area contributed by atoms with E-state index in [1.54, 1.807) is 0 Å². The Hall–Kier alpha value is -1.57. The monoisotopic (exact) mass is 297 g/mol. The smallest absolute Gasteiger partial charge is 0.0303 e. The van der Waals surface area contributed by atoms with Crippen LogP contribution < -0.4 is 5.73 Å². The van der Waals surface area contributed by atoms with E-state index in [2.05, 4.69) is 54.6 Å². The molecule has 21 heavy (non-hydrogen) atoms. The van der Waals surface area contributed by atoms with Gasteiger partial charge in [-0.15, -0.1) is 12.4 Å². The van der Waals surface area contributed by atoms with Crippen molar-refractivity contribution in [2.75, 3.05) is 0 Å². The molecule has 1 atom stereocenters. The molecule has 0 unspecified atom stereocenters. The van der Waals surface area contributed by atoms with Crippen molar-refractivity contribution in [3.8, 4) is 0 Å². The fourth-order valence-electron chi connectivity index (χ4n) is 3.23. The van der Waals surface area contributed by atoms with Crippen LogP contribution in [0.1, 0.15) is 30.9 Å². The van der Waals surface area contributed by atoms with Crippen molar-refractivity contribution in [2.45, 2.75) is 25.3 Å². The molecule has 0 aromatic heterocycles. The third-order valence-electron chi connectivity index (χ3n) is 4.48. The van der Waals surface area contributed by atoms with Gasteiger partial charge in [-0.3, -0.25) is 0 Å². The number of hydrogen-bond acceptors (Lipinski definition) is 1. The van der Waals surface area contributed by atoms with Gasteiger partial charge in [0.25, 0.3) is 0 Å². The van der Waals surface area contributed by atoms with E-state index in [4.69, 9.17) is 5.73 Å². The molecule has 3 aromatic carbocycles. The van der Waals surface area contributed by atoms with E-state index < -0.39 is 0 Å². The third-order valence-corrected chi connectivity index (χ3v) is 4.48. The van der Waals surface area contributed by atoms with Crippen molar-refractivity contribution in [3.63, 3.8) is 0 Å². The highest BCUT2D eigenvalue weighted by atomic mass is 35.5. The molecular formula is C19H20ClN. The van der Waals surface area contributed by atoms with Crippen molar-refractivity contribution in [1.82, 2.24) is 0 Å². The maximum Gasteiger partial charge on any atom is 0.0303 e. The van der Waals surface area contributed by atoms with Gasteiger partial charge in [0.15, 0.2) is 0 Å². The van der Waals surface area contributed by atoms with Crippen molar-refractivity contribution in [1.29, 1.82) is 0 Å². The molecule has 4 rings (SSSR count). The summed E-state index contributed by atoms with van der Waals surface area (Å²) in [5, 5.41) is 5.27. The van der Waals surface area contributed by atoms with Crippen molar-refractivity contribution >= 4 is 34.0 Å². The molecule has 1 fully saturated rings. The first-order chi connectivity index (χ1) is 9.83. The van der Waals surface area contributed by atoms with Gasteiger partial charge >= 0.3 is 0 Å². The predicted octanol–water partition coefficient (Wildman–Crippen LogP) is 5.21. The molecular weight excluding hydrogens is 278 g/mol. The first kappa shape index (κ1) is 14.4. The number of fused-ring (bicyclic) bond motifs is 3. The van der Waals surface area contributed by atoms with Crippen molar-refractivity contribution in [2.24, 2.45) is 11.7 Å². The van der Waals surface area contributed by atoms with Crippen LogP contribution in [0, 0.1) is 5.92 Å². The highest BCUT2D eigenvalue weighted by Gasteiger charge is 2.25. The summed E-state index contributed by atoms with van der Waals surface area (Å²) in [4.78, 5) is 0. The van der Waals surface area contributed by atoms with Gasteiger partial charge in [-0.05, 0) is 45.5 Å². The number of nitrogens with two attached hydrogens (primary N) is 1. The predicted molar refractivity (Wildman–Crippen MR) is 93.0 cm³/mol. The summed E-state index contributed by atoms with van der Waals surface area (Å²) in [5.41, 5.74) is 7.80. The molecule has 0 saturated heterocycles. The van der Waals surface area contributed by atoms with Crippen LogP contribution in [0.3, 0.4) is 0 Å². The van der Waals surface area contributed by atoms with E-state index in [1.807, 2.05) is 0 Å². The van der Waals surface area contributed by atoms with Gasteiger partial charge < -0.3 is 5.73 Å². The lowest BCUT2D eigenvalue weighted by molar-refractivity contribution is 0.601. The Morgan fingerprint density at radius 1 is 0.905 bits per heavy atom. The van der Waals surface area contributed by atoms with Crippen LogP contribution in [-0.4, -0.2) is 0 Å². The van der Waals surface area contributed by atoms with Crippen molar-refractivity contribution in [3.05, 3.63) is 60.2 Å². The lowest BCUT2D eigenvalue weighted by Gasteiger charge is -2.16. The molecule has 1 aliphatic rings. The molecule has 0 aliphatic heterocycles. The molecule has 108 valence electrons. The molecule has 2 N–H and O–H groups in total. The van der Waals surface area contributed by atoms with Crippen LogP contribution in [0.15, 0.2) is 54.6 Å². The third kappa shape index (κ3) is 2.64. The van der Waals surface area contributed by atoms with Crippen LogP contribution >= 0.6 is 12.4 Å². The van der Waals surface area contributed by atoms with Gasteiger partial charge in [-0.25, -0.2) is 0 Å². The standard InChI is InChI=1S/C19H19N.ClH/c20-19(11-13-9-10-13)18-12-14-5-1-2-6-15(14)16-7-3-4-8-17(16)18;/h1-8,12-13,19H,9-11,20H2;1H/t19-;/m1./s1. The van der Waals surface area contributed by atoms with Gasteiger partial charge in [-0.2, -0.15) is 0 Å². The van der Waals surface area contributed by atoms with E-state index >= 15 is 0 Å². The topological polar surface area (TPSA) is 26.0 Å². The number of halogens is 1. The average Bonchev–Trinajstić information content (AvgIpc) is 3.30. The second-order valence-corrected chi connectivity index (χ2v) is 6.02.